The molecule has 0 aliphatic rings. The lowest BCUT2D eigenvalue weighted by atomic mass is 10.1. The molecule has 0 heteroatoms. The van der Waals surface area contributed by atoms with Crippen LogP contribution >= 0.6 is 0 Å². The Balaban J connectivity index is 0. The third-order valence-corrected chi connectivity index (χ3v) is 1.84. The largest absolute Gasteiger partial charge is 0.106 e. The lowest BCUT2D eigenvalue weighted by Crippen LogP contribution is -1.86. The van der Waals surface area contributed by atoms with Gasteiger partial charge in [-0.1, -0.05) is 52.9 Å². The van der Waals surface area contributed by atoms with Crippen LogP contribution in [0.25, 0.3) is 0 Å². The normalized spacial score (nSPS) is 7.60. The van der Waals surface area contributed by atoms with Crippen LogP contribution in [-0.2, 0) is 0 Å². The summed E-state index contributed by atoms with van der Waals surface area (Å²) in [6.07, 6.45) is 16.5. The van der Waals surface area contributed by atoms with Crippen molar-refractivity contribution in [2.24, 2.45) is 5.92 Å². The van der Waals surface area contributed by atoms with Crippen molar-refractivity contribution < 1.29 is 0 Å². The SMILES string of the molecule is C#CC#CC#C.CCCCCCC(C)C. The van der Waals surface area contributed by atoms with Gasteiger partial charge in [-0.2, -0.15) is 0 Å². The van der Waals surface area contributed by atoms with Gasteiger partial charge in [-0.25, -0.2) is 0 Å². The number of hydrogen-bond donors (Lipinski definition) is 0. The van der Waals surface area contributed by atoms with Crippen molar-refractivity contribution in [1.29, 1.82) is 0 Å². The van der Waals surface area contributed by atoms with Gasteiger partial charge < -0.3 is 0 Å². The van der Waals surface area contributed by atoms with E-state index in [2.05, 4.69) is 44.5 Å². The van der Waals surface area contributed by atoms with E-state index in [4.69, 9.17) is 12.8 Å². The Labute approximate surface area is 95.9 Å². The van der Waals surface area contributed by atoms with Crippen molar-refractivity contribution >= 4 is 0 Å². The van der Waals surface area contributed by atoms with E-state index in [-0.39, 0.29) is 0 Å². The third kappa shape index (κ3) is 24.5. The van der Waals surface area contributed by atoms with Crippen LogP contribution < -0.4 is 0 Å². The molecule has 0 spiro atoms. The maximum Gasteiger partial charge on any atom is -0.00134 e. The molecule has 0 aliphatic heterocycles. The van der Waals surface area contributed by atoms with Crippen molar-refractivity contribution in [2.45, 2.75) is 52.9 Å². The lowest BCUT2D eigenvalue weighted by molar-refractivity contribution is 0.525. The Morgan fingerprint density at radius 2 is 1.47 bits per heavy atom. The molecule has 0 nitrogen and oxygen atoms in total. The molecule has 0 aromatic heterocycles. The minimum atomic E-state index is 0.904. The first-order valence-electron chi connectivity index (χ1n) is 5.60. The van der Waals surface area contributed by atoms with E-state index in [1.165, 1.54) is 32.1 Å². The van der Waals surface area contributed by atoms with Gasteiger partial charge in [0, 0.05) is 0 Å². The molecule has 0 aliphatic carbocycles. The first-order valence-corrected chi connectivity index (χ1v) is 5.60. The summed E-state index contributed by atoms with van der Waals surface area (Å²) in [4.78, 5) is 0. The fourth-order valence-electron chi connectivity index (χ4n) is 1.05. The second-order valence-corrected chi connectivity index (χ2v) is 3.78. The number of terminal acetylenes is 2. The smallest absolute Gasteiger partial charge is 0.00134 e. The summed E-state index contributed by atoms with van der Waals surface area (Å²) < 4.78 is 0. The van der Waals surface area contributed by atoms with E-state index in [1.807, 2.05) is 0 Å². The highest BCUT2D eigenvalue weighted by Gasteiger charge is 1.91. The Hall–Kier alpha value is -1.32. The van der Waals surface area contributed by atoms with Crippen LogP contribution in [0.3, 0.4) is 0 Å². The highest BCUT2D eigenvalue weighted by Crippen LogP contribution is 2.08. The maximum atomic E-state index is 4.70. The summed E-state index contributed by atoms with van der Waals surface area (Å²) in [5.74, 6) is 9.51. The van der Waals surface area contributed by atoms with Gasteiger partial charge >= 0.3 is 0 Å². The quantitative estimate of drug-likeness (QED) is 0.469. The number of hydrogen-bond acceptors (Lipinski definition) is 0. The second-order valence-electron chi connectivity index (χ2n) is 3.78. The van der Waals surface area contributed by atoms with E-state index >= 15 is 0 Å². The van der Waals surface area contributed by atoms with Gasteiger partial charge in [0.2, 0.25) is 0 Å². The Kier molecular flexibility index (Phi) is 16.3. The molecule has 0 amide bonds. The summed E-state index contributed by atoms with van der Waals surface area (Å²) in [7, 11) is 0. The summed E-state index contributed by atoms with van der Waals surface area (Å²) in [6.45, 7) is 6.85. The zero-order valence-corrected chi connectivity index (χ0v) is 10.3. The molecule has 0 saturated heterocycles. The third-order valence-electron chi connectivity index (χ3n) is 1.84. The summed E-state index contributed by atoms with van der Waals surface area (Å²) in [5.41, 5.74) is 0. The Bertz CT molecular complexity index is 228. The maximum absolute atomic E-state index is 4.70. The molecule has 0 saturated carbocycles. The van der Waals surface area contributed by atoms with Crippen molar-refractivity contribution in [3.63, 3.8) is 0 Å². The van der Waals surface area contributed by atoms with Gasteiger partial charge in [-0.15, -0.1) is 12.8 Å². The van der Waals surface area contributed by atoms with Crippen LogP contribution in [0.15, 0.2) is 0 Å². The van der Waals surface area contributed by atoms with Gasteiger partial charge in [0.1, 0.15) is 0 Å². The van der Waals surface area contributed by atoms with E-state index in [0.29, 0.717) is 0 Å². The van der Waals surface area contributed by atoms with E-state index in [0.717, 1.165) is 5.92 Å². The lowest BCUT2D eigenvalue weighted by Gasteiger charge is -2.01. The number of unbranched alkanes of at least 4 members (excludes halogenated alkanes) is 3. The van der Waals surface area contributed by atoms with E-state index < -0.39 is 0 Å². The standard InChI is InChI=1S/C9H20.C6H2/c1-4-5-6-7-8-9(2)3;1-3-5-6-4-2/h9H,4-8H2,1-3H3;1-2H. The van der Waals surface area contributed by atoms with Crippen LogP contribution in [0.1, 0.15) is 52.9 Å². The molecule has 0 heterocycles. The molecular weight excluding hydrogens is 180 g/mol. The van der Waals surface area contributed by atoms with Crippen LogP contribution in [0.2, 0.25) is 0 Å². The molecular formula is C15H22. The highest BCUT2D eigenvalue weighted by atomic mass is 14.0. The molecule has 0 radical (unpaired) electrons. The molecule has 0 fully saturated rings. The first kappa shape index (κ1) is 16.1. The molecule has 0 atom stereocenters. The van der Waals surface area contributed by atoms with E-state index in [1.54, 1.807) is 0 Å². The van der Waals surface area contributed by atoms with Crippen molar-refractivity contribution in [2.75, 3.05) is 0 Å². The molecule has 0 rings (SSSR count). The topological polar surface area (TPSA) is 0 Å². The summed E-state index contributed by atoms with van der Waals surface area (Å²) in [6, 6.07) is 0. The summed E-state index contributed by atoms with van der Waals surface area (Å²) in [5, 5.41) is 0. The Morgan fingerprint density at radius 1 is 0.933 bits per heavy atom. The second kappa shape index (κ2) is 15.2. The van der Waals surface area contributed by atoms with Crippen LogP contribution in [0.4, 0.5) is 0 Å². The zero-order valence-electron chi connectivity index (χ0n) is 10.3. The first-order chi connectivity index (χ1) is 7.18. The van der Waals surface area contributed by atoms with E-state index in [9.17, 15) is 0 Å². The molecule has 0 N–H and O–H groups in total. The zero-order chi connectivity index (χ0) is 11.9. The van der Waals surface area contributed by atoms with Crippen LogP contribution in [-0.4, -0.2) is 0 Å². The molecule has 0 unspecified atom stereocenters. The van der Waals surface area contributed by atoms with Crippen molar-refractivity contribution in [1.82, 2.24) is 0 Å². The Morgan fingerprint density at radius 3 is 1.80 bits per heavy atom. The predicted octanol–water partition coefficient (Wildman–Crippen LogP) is 3.87. The van der Waals surface area contributed by atoms with Crippen molar-refractivity contribution in [3.05, 3.63) is 0 Å². The fourth-order valence-corrected chi connectivity index (χ4v) is 1.05. The molecule has 82 valence electrons. The number of rotatable bonds is 5. The van der Waals surface area contributed by atoms with Gasteiger partial charge in [-0.3, -0.25) is 0 Å². The molecule has 0 aromatic rings. The van der Waals surface area contributed by atoms with Crippen LogP contribution in [0.5, 0.6) is 0 Å². The van der Waals surface area contributed by atoms with Crippen molar-refractivity contribution in [3.8, 4) is 36.5 Å². The molecule has 0 aromatic carbocycles. The highest BCUT2D eigenvalue weighted by molar-refractivity contribution is 5.31. The van der Waals surface area contributed by atoms with Crippen LogP contribution in [0, 0.1) is 42.4 Å². The van der Waals surface area contributed by atoms with Gasteiger partial charge in [-0.05, 0) is 29.6 Å². The molecule has 15 heavy (non-hydrogen) atoms. The van der Waals surface area contributed by atoms with Gasteiger partial charge in [0.05, 0.1) is 0 Å². The van der Waals surface area contributed by atoms with Gasteiger partial charge in [0.25, 0.3) is 0 Å². The van der Waals surface area contributed by atoms with Gasteiger partial charge in [0.15, 0.2) is 0 Å². The minimum absolute atomic E-state index is 0.904. The molecule has 0 bridgehead atoms. The monoisotopic (exact) mass is 202 g/mol. The minimum Gasteiger partial charge on any atom is -0.106 e. The fraction of sp³-hybridized carbons (Fsp3) is 0.600. The summed E-state index contributed by atoms with van der Waals surface area (Å²) >= 11 is 0. The predicted molar refractivity (Wildman–Crippen MR) is 69.0 cm³/mol. The average Bonchev–Trinajstić information content (AvgIpc) is 2.22. The average molecular weight is 202 g/mol.